The summed E-state index contributed by atoms with van der Waals surface area (Å²) in [7, 11) is 1.89. The minimum absolute atomic E-state index is 0.442. The SMILES string of the molecule is CNCCCC(C)(C)OC(N)=O. The zero-order valence-electron chi connectivity index (χ0n) is 8.02. The molecule has 0 aliphatic heterocycles. The molecular weight excluding hydrogens is 156 g/mol. The minimum atomic E-state index is -0.704. The van der Waals surface area contributed by atoms with E-state index in [4.69, 9.17) is 10.5 Å². The summed E-state index contributed by atoms with van der Waals surface area (Å²) < 4.78 is 4.90. The van der Waals surface area contributed by atoms with Crippen molar-refractivity contribution in [1.82, 2.24) is 5.32 Å². The van der Waals surface area contributed by atoms with Crippen LogP contribution in [0.5, 0.6) is 0 Å². The van der Waals surface area contributed by atoms with Crippen molar-refractivity contribution in [2.75, 3.05) is 13.6 Å². The van der Waals surface area contributed by atoms with Gasteiger partial charge in [-0.2, -0.15) is 0 Å². The van der Waals surface area contributed by atoms with Crippen LogP contribution in [0.15, 0.2) is 0 Å². The summed E-state index contributed by atoms with van der Waals surface area (Å²) in [6, 6.07) is 0. The van der Waals surface area contributed by atoms with Gasteiger partial charge in [0.05, 0.1) is 0 Å². The van der Waals surface area contributed by atoms with E-state index in [0.29, 0.717) is 0 Å². The molecule has 12 heavy (non-hydrogen) atoms. The number of amides is 1. The average Bonchev–Trinajstić information content (AvgIpc) is 1.84. The van der Waals surface area contributed by atoms with Gasteiger partial charge >= 0.3 is 6.09 Å². The summed E-state index contributed by atoms with van der Waals surface area (Å²) in [4.78, 5) is 10.4. The Bertz CT molecular complexity index is 146. The third-order valence-electron chi connectivity index (χ3n) is 1.58. The van der Waals surface area contributed by atoms with Crippen LogP contribution in [0.1, 0.15) is 26.7 Å². The molecule has 0 aliphatic carbocycles. The van der Waals surface area contributed by atoms with Gasteiger partial charge in [0.25, 0.3) is 0 Å². The lowest BCUT2D eigenvalue weighted by Gasteiger charge is -2.23. The van der Waals surface area contributed by atoms with Gasteiger partial charge < -0.3 is 15.8 Å². The number of hydrogen-bond donors (Lipinski definition) is 2. The van der Waals surface area contributed by atoms with Gasteiger partial charge in [0, 0.05) is 0 Å². The molecule has 0 aromatic heterocycles. The van der Waals surface area contributed by atoms with Crippen LogP contribution < -0.4 is 11.1 Å². The van der Waals surface area contributed by atoms with E-state index in [1.807, 2.05) is 20.9 Å². The maximum atomic E-state index is 10.4. The van der Waals surface area contributed by atoms with Gasteiger partial charge in [0.15, 0.2) is 0 Å². The Morgan fingerprint density at radius 1 is 1.58 bits per heavy atom. The highest BCUT2D eigenvalue weighted by atomic mass is 16.6. The molecule has 1 amide bonds. The summed E-state index contributed by atoms with van der Waals surface area (Å²) in [6.45, 7) is 4.63. The second-order valence-electron chi connectivity index (χ2n) is 3.39. The van der Waals surface area contributed by atoms with Crippen molar-refractivity contribution in [2.45, 2.75) is 32.3 Å². The number of carbonyl (C=O) groups is 1. The number of ether oxygens (including phenoxy) is 1. The number of carbonyl (C=O) groups excluding carboxylic acids is 1. The first-order chi connectivity index (χ1) is 5.48. The van der Waals surface area contributed by atoms with Gasteiger partial charge in [-0.05, 0) is 40.3 Å². The van der Waals surface area contributed by atoms with Crippen LogP contribution in [0.25, 0.3) is 0 Å². The standard InChI is InChI=1S/C8H18N2O2/c1-8(2,12-7(9)11)5-4-6-10-3/h10H,4-6H2,1-3H3,(H2,9,11). The lowest BCUT2D eigenvalue weighted by atomic mass is 10.0. The summed E-state index contributed by atoms with van der Waals surface area (Å²) in [5.41, 5.74) is 4.46. The smallest absolute Gasteiger partial charge is 0.405 e. The molecule has 4 heteroatoms. The van der Waals surface area contributed by atoms with Gasteiger partial charge in [-0.3, -0.25) is 0 Å². The first-order valence-electron chi connectivity index (χ1n) is 4.11. The molecule has 0 saturated heterocycles. The predicted molar refractivity (Wildman–Crippen MR) is 47.9 cm³/mol. The van der Waals surface area contributed by atoms with Gasteiger partial charge in [-0.15, -0.1) is 0 Å². The Kier molecular flexibility index (Phi) is 4.66. The molecule has 0 fully saturated rings. The highest BCUT2D eigenvalue weighted by Gasteiger charge is 2.20. The fraction of sp³-hybridized carbons (Fsp3) is 0.875. The van der Waals surface area contributed by atoms with E-state index in [2.05, 4.69) is 5.32 Å². The Balaban J connectivity index is 3.63. The molecule has 0 aromatic rings. The molecule has 4 nitrogen and oxygen atoms in total. The minimum Gasteiger partial charge on any atom is -0.444 e. The molecule has 0 bridgehead atoms. The van der Waals surface area contributed by atoms with E-state index < -0.39 is 11.7 Å². The number of nitrogens with two attached hydrogens (primary N) is 1. The zero-order valence-corrected chi connectivity index (χ0v) is 8.02. The topological polar surface area (TPSA) is 64.3 Å². The largest absolute Gasteiger partial charge is 0.444 e. The summed E-state index contributed by atoms with van der Waals surface area (Å²) >= 11 is 0. The molecule has 0 rings (SSSR count). The lowest BCUT2D eigenvalue weighted by molar-refractivity contribution is 0.0378. The summed E-state index contributed by atoms with van der Waals surface area (Å²) in [5.74, 6) is 0. The van der Waals surface area contributed by atoms with Crippen LogP contribution >= 0.6 is 0 Å². The molecule has 0 unspecified atom stereocenters. The first-order valence-corrected chi connectivity index (χ1v) is 4.11. The fourth-order valence-corrected chi connectivity index (χ4v) is 1.01. The summed E-state index contributed by atoms with van der Waals surface area (Å²) in [5, 5.41) is 3.02. The second-order valence-corrected chi connectivity index (χ2v) is 3.39. The molecule has 0 aliphatic rings. The van der Waals surface area contributed by atoms with Crippen LogP contribution in [0.2, 0.25) is 0 Å². The van der Waals surface area contributed by atoms with Crippen molar-refractivity contribution in [1.29, 1.82) is 0 Å². The van der Waals surface area contributed by atoms with Gasteiger partial charge in [-0.25, -0.2) is 4.79 Å². The van der Waals surface area contributed by atoms with E-state index in [0.717, 1.165) is 19.4 Å². The van der Waals surface area contributed by atoms with Crippen molar-refractivity contribution >= 4 is 6.09 Å². The first kappa shape index (κ1) is 11.2. The second kappa shape index (κ2) is 4.98. The molecular formula is C8H18N2O2. The third-order valence-corrected chi connectivity index (χ3v) is 1.58. The maximum absolute atomic E-state index is 10.4. The van der Waals surface area contributed by atoms with Crippen molar-refractivity contribution in [2.24, 2.45) is 5.73 Å². The Labute approximate surface area is 73.5 Å². The average molecular weight is 174 g/mol. The van der Waals surface area contributed by atoms with Crippen LogP contribution in [0.4, 0.5) is 4.79 Å². The highest BCUT2D eigenvalue weighted by molar-refractivity contribution is 5.65. The number of rotatable bonds is 5. The zero-order chi connectivity index (χ0) is 9.61. The van der Waals surface area contributed by atoms with Crippen LogP contribution in [0, 0.1) is 0 Å². The number of hydrogen-bond acceptors (Lipinski definition) is 3. The van der Waals surface area contributed by atoms with E-state index >= 15 is 0 Å². The highest BCUT2D eigenvalue weighted by Crippen LogP contribution is 2.15. The molecule has 0 heterocycles. The van der Waals surface area contributed by atoms with Crippen molar-refractivity contribution in [3.05, 3.63) is 0 Å². The van der Waals surface area contributed by atoms with Crippen LogP contribution in [-0.4, -0.2) is 25.3 Å². The van der Waals surface area contributed by atoms with Gasteiger partial charge in [0.2, 0.25) is 0 Å². The van der Waals surface area contributed by atoms with E-state index in [1.165, 1.54) is 0 Å². The Hall–Kier alpha value is -0.770. The van der Waals surface area contributed by atoms with Gasteiger partial charge in [0.1, 0.15) is 5.60 Å². The van der Waals surface area contributed by atoms with Crippen molar-refractivity contribution < 1.29 is 9.53 Å². The van der Waals surface area contributed by atoms with Crippen molar-refractivity contribution in [3.63, 3.8) is 0 Å². The molecule has 3 N–H and O–H groups in total. The quantitative estimate of drug-likeness (QED) is 0.607. The van der Waals surface area contributed by atoms with Crippen LogP contribution in [-0.2, 0) is 4.74 Å². The molecule has 0 radical (unpaired) electrons. The number of primary amides is 1. The fourth-order valence-electron chi connectivity index (χ4n) is 1.01. The molecule has 0 spiro atoms. The molecule has 0 atom stereocenters. The Morgan fingerprint density at radius 2 is 2.17 bits per heavy atom. The number of nitrogens with one attached hydrogen (secondary N) is 1. The third kappa shape index (κ3) is 5.97. The predicted octanol–water partition coefficient (Wildman–Crippen LogP) is 0.860. The molecule has 0 aromatic carbocycles. The van der Waals surface area contributed by atoms with Gasteiger partial charge in [-0.1, -0.05) is 0 Å². The normalized spacial score (nSPS) is 11.2. The van der Waals surface area contributed by atoms with E-state index in [1.54, 1.807) is 0 Å². The van der Waals surface area contributed by atoms with E-state index in [-0.39, 0.29) is 0 Å². The molecule has 72 valence electrons. The van der Waals surface area contributed by atoms with Crippen molar-refractivity contribution in [3.8, 4) is 0 Å². The maximum Gasteiger partial charge on any atom is 0.405 e. The summed E-state index contributed by atoms with van der Waals surface area (Å²) in [6.07, 6.45) is 1.08. The molecule has 0 saturated carbocycles. The Morgan fingerprint density at radius 3 is 2.58 bits per heavy atom. The van der Waals surface area contributed by atoms with Crippen LogP contribution in [0.3, 0.4) is 0 Å². The monoisotopic (exact) mass is 174 g/mol. The lowest BCUT2D eigenvalue weighted by Crippen LogP contribution is -2.31. The van der Waals surface area contributed by atoms with E-state index in [9.17, 15) is 4.79 Å².